The molecule has 2 saturated heterocycles. The maximum atomic E-state index is 13.9. The number of imidazole rings is 1. The second-order valence-electron chi connectivity index (χ2n) is 11.0. The molecule has 2 aliphatic rings. The molecule has 2 atom stereocenters. The van der Waals surface area contributed by atoms with Crippen molar-refractivity contribution >= 4 is 44.4 Å². The smallest absolute Gasteiger partial charge is 0.303 e. The summed E-state index contributed by atoms with van der Waals surface area (Å²) >= 11 is 0. The topological polar surface area (TPSA) is 167 Å². The van der Waals surface area contributed by atoms with Gasteiger partial charge in [0.1, 0.15) is 29.2 Å². The van der Waals surface area contributed by atoms with E-state index in [1.54, 1.807) is 19.0 Å². The zero-order chi connectivity index (χ0) is 31.9. The van der Waals surface area contributed by atoms with Gasteiger partial charge in [-0.25, -0.2) is 30.7 Å². The number of hydrogen-bond donors (Lipinski definition) is 2. The molecule has 0 spiro atoms. The lowest BCUT2D eigenvalue weighted by atomic mass is 10.0. The normalized spacial score (nSPS) is 19.1. The summed E-state index contributed by atoms with van der Waals surface area (Å²) in [5.41, 5.74) is -1.41. The molecule has 2 N–H and O–H groups in total. The Morgan fingerprint density at radius 3 is 2.61 bits per heavy atom. The first kappa shape index (κ1) is 31.6. The van der Waals surface area contributed by atoms with Crippen LogP contribution in [0.5, 0.6) is 5.75 Å². The van der Waals surface area contributed by atoms with Gasteiger partial charge in [-0.05, 0) is 64.4 Å². The van der Waals surface area contributed by atoms with Gasteiger partial charge in [0.25, 0.3) is 5.91 Å². The second-order valence-corrected chi connectivity index (χ2v) is 14.7. The molecule has 238 valence electrons. The fourth-order valence-corrected chi connectivity index (χ4v) is 8.01. The van der Waals surface area contributed by atoms with E-state index in [0.717, 1.165) is 40.1 Å². The van der Waals surface area contributed by atoms with Gasteiger partial charge in [-0.3, -0.25) is 18.7 Å². The number of carbonyl (C=O) groups is 2. The van der Waals surface area contributed by atoms with Crippen molar-refractivity contribution < 1.29 is 31.7 Å². The minimum Gasteiger partial charge on any atom is -0.501 e. The zero-order valence-electron chi connectivity index (χ0n) is 24.5. The van der Waals surface area contributed by atoms with Crippen LogP contribution in [0.4, 0.5) is 10.2 Å². The molecule has 5 rings (SSSR count). The molecule has 1 aromatic carbocycles. The van der Waals surface area contributed by atoms with Crippen LogP contribution in [0.15, 0.2) is 34.1 Å². The number of anilines is 1. The van der Waals surface area contributed by atoms with Crippen molar-refractivity contribution in [3.05, 3.63) is 51.8 Å². The number of amides is 2. The van der Waals surface area contributed by atoms with Crippen LogP contribution in [-0.4, -0.2) is 91.7 Å². The van der Waals surface area contributed by atoms with Gasteiger partial charge in [-0.1, -0.05) is 6.07 Å². The molecule has 2 fully saturated rings. The van der Waals surface area contributed by atoms with Crippen LogP contribution in [-0.2, 0) is 38.9 Å². The third kappa shape index (κ3) is 5.95. The molecular formula is C27H34FN7O7S2. The lowest BCUT2D eigenvalue weighted by molar-refractivity contribution is -0.135. The molecule has 2 unspecified atom stereocenters. The molecule has 0 bridgehead atoms. The largest absolute Gasteiger partial charge is 0.501 e. The Morgan fingerprint density at radius 2 is 1.95 bits per heavy atom. The highest BCUT2D eigenvalue weighted by molar-refractivity contribution is 7.93. The Labute approximate surface area is 255 Å². The van der Waals surface area contributed by atoms with Crippen LogP contribution in [0.2, 0.25) is 0 Å². The van der Waals surface area contributed by atoms with Gasteiger partial charge < -0.3 is 19.9 Å². The van der Waals surface area contributed by atoms with Gasteiger partial charge in [0.2, 0.25) is 27.5 Å². The van der Waals surface area contributed by atoms with E-state index in [1.165, 1.54) is 21.1 Å². The first-order valence-corrected chi connectivity index (χ1v) is 16.8. The number of aromatic hydroxyl groups is 1. The molecule has 4 heterocycles. The van der Waals surface area contributed by atoms with Crippen LogP contribution < -0.4 is 15.2 Å². The van der Waals surface area contributed by atoms with Crippen molar-refractivity contribution in [2.45, 2.75) is 56.6 Å². The zero-order valence-corrected chi connectivity index (χ0v) is 26.2. The fourth-order valence-electron chi connectivity index (χ4n) is 5.50. The lowest BCUT2D eigenvalue weighted by Crippen LogP contribution is -2.43. The Hall–Kier alpha value is -3.83. The summed E-state index contributed by atoms with van der Waals surface area (Å²) in [6.07, 6.45) is 4.31. The summed E-state index contributed by atoms with van der Waals surface area (Å²) in [4.78, 5) is 46.2. The summed E-state index contributed by atoms with van der Waals surface area (Å²) in [7, 11) is -2.42. The maximum Gasteiger partial charge on any atom is 0.303 e. The molecule has 2 aliphatic heterocycles. The third-order valence-corrected chi connectivity index (χ3v) is 11.1. The first-order chi connectivity index (χ1) is 20.8. The quantitative estimate of drug-likeness (QED) is 0.361. The predicted molar refractivity (Wildman–Crippen MR) is 160 cm³/mol. The maximum absolute atomic E-state index is 13.9. The molecule has 2 aromatic heterocycles. The summed E-state index contributed by atoms with van der Waals surface area (Å²) in [6.45, 7) is 2.06. The van der Waals surface area contributed by atoms with E-state index in [1.807, 2.05) is 6.92 Å². The predicted octanol–water partition coefficient (Wildman–Crippen LogP) is 0.796. The highest BCUT2D eigenvalue weighted by Gasteiger charge is 2.34. The van der Waals surface area contributed by atoms with Crippen LogP contribution >= 0.6 is 0 Å². The van der Waals surface area contributed by atoms with Crippen LogP contribution in [0.3, 0.4) is 0 Å². The molecule has 17 heteroatoms. The number of likely N-dealkylation sites (tertiary alicyclic amines) is 1. The van der Waals surface area contributed by atoms with E-state index in [9.17, 15) is 36.5 Å². The molecule has 0 aliphatic carbocycles. The van der Waals surface area contributed by atoms with Gasteiger partial charge >= 0.3 is 5.56 Å². The molecule has 0 radical (unpaired) electrons. The number of sulfonamides is 1. The SMILES string of the molecule is CC1CCCCN1C(=O)Cn1cc(N2CCCS2(=O)=O)n2c(=O)c(O)c(C(=O)NCc3ccc(F)cc3S(=O)N(C)C)nc12. The van der Waals surface area contributed by atoms with E-state index in [0.29, 0.717) is 18.5 Å². The fraction of sp³-hybridized carbons (Fsp3) is 0.481. The summed E-state index contributed by atoms with van der Waals surface area (Å²) in [5, 5.41) is 13.3. The number of hydrogen-bond acceptors (Lipinski definition) is 8. The van der Waals surface area contributed by atoms with Crippen LogP contribution in [0, 0.1) is 5.82 Å². The Kier molecular flexibility index (Phi) is 8.82. The summed E-state index contributed by atoms with van der Waals surface area (Å²) < 4.78 is 56.8. The Morgan fingerprint density at radius 1 is 1.20 bits per heavy atom. The van der Waals surface area contributed by atoms with Crippen LogP contribution in [0.1, 0.15) is 48.7 Å². The number of benzene rings is 1. The van der Waals surface area contributed by atoms with Crippen molar-refractivity contribution in [2.75, 3.05) is 37.2 Å². The number of piperidine rings is 1. The van der Waals surface area contributed by atoms with E-state index in [-0.39, 0.29) is 53.8 Å². The van der Waals surface area contributed by atoms with Gasteiger partial charge in [0.05, 0.1) is 16.8 Å². The van der Waals surface area contributed by atoms with Crippen molar-refractivity contribution in [2.24, 2.45) is 0 Å². The third-order valence-electron chi connectivity index (χ3n) is 7.79. The molecule has 2 amide bonds. The summed E-state index contributed by atoms with van der Waals surface area (Å²) in [6, 6.07) is 3.59. The van der Waals surface area contributed by atoms with E-state index < -0.39 is 49.7 Å². The number of rotatable bonds is 8. The van der Waals surface area contributed by atoms with E-state index in [2.05, 4.69) is 10.3 Å². The van der Waals surface area contributed by atoms with Crippen molar-refractivity contribution in [1.82, 2.24) is 28.5 Å². The van der Waals surface area contributed by atoms with Gasteiger partial charge in [0.15, 0.2) is 5.69 Å². The highest BCUT2D eigenvalue weighted by Crippen LogP contribution is 2.27. The van der Waals surface area contributed by atoms with Gasteiger partial charge in [-0.15, -0.1) is 0 Å². The minimum absolute atomic E-state index is 0.00393. The standard InChI is InChI=1S/C27H34FN7O7S2/c1-17-7-4-5-10-33(17)22(36)16-32-15-21(34-11-6-12-44(34,41)42)35-26(39)24(37)23(30-27(32)35)25(38)29-14-18-8-9-19(28)13-20(18)43(40)31(2)3/h8-9,13,15,17,37H,4-7,10-12,14,16H2,1-3H3,(H,29,38). The number of aromatic nitrogens is 3. The Balaban J connectivity index is 1.54. The lowest BCUT2D eigenvalue weighted by Gasteiger charge is -2.33. The van der Waals surface area contributed by atoms with Gasteiger partial charge in [0, 0.05) is 25.7 Å². The average Bonchev–Trinajstić information content (AvgIpc) is 3.51. The average molecular weight is 652 g/mol. The van der Waals surface area contributed by atoms with Crippen molar-refractivity contribution in [3.8, 4) is 5.75 Å². The Bertz CT molecular complexity index is 1820. The van der Waals surface area contributed by atoms with Crippen molar-refractivity contribution in [1.29, 1.82) is 0 Å². The number of fused-ring (bicyclic) bond motifs is 1. The second kappa shape index (κ2) is 12.3. The molecule has 14 nitrogen and oxygen atoms in total. The van der Waals surface area contributed by atoms with Gasteiger partial charge in [-0.2, -0.15) is 0 Å². The first-order valence-electron chi connectivity index (χ1n) is 14.1. The minimum atomic E-state index is -3.77. The van der Waals surface area contributed by atoms with E-state index in [4.69, 9.17) is 0 Å². The molecule has 44 heavy (non-hydrogen) atoms. The molecule has 0 saturated carbocycles. The summed E-state index contributed by atoms with van der Waals surface area (Å²) in [5.74, 6) is -3.31. The van der Waals surface area contributed by atoms with Crippen LogP contribution in [0.25, 0.3) is 5.78 Å². The van der Waals surface area contributed by atoms with Crippen molar-refractivity contribution in [3.63, 3.8) is 0 Å². The number of nitrogens with zero attached hydrogens (tertiary/aromatic N) is 6. The highest BCUT2D eigenvalue weighted by atomic mass is 32.2. The number of carbonyl (C=O) groups excluding carboxylic acids is 2. The molecular weight excluding hydrogens is 617 g/mol. The number of nitrogens with one attached hydrogen (secondary N) is 1. The number of halogens is 1. The monoisotopic (exact) mass is 651 g/mol. The van der Waals surface area contributed by atoms with E-state index >= 15 is 0 Å². The molecule has 3 aromatic rings.